The molecule has 2 aromatic carbocycles. The van der Waals surface area contributed by atoms with Crippen molar-refractivity contribution in [2.24, 2.45) is 0 Å². The minimum atomic E-state index is -0.482. The Hall–Kier alpha value is -2.89. The Kier molecular flexibility index (Phi) is 6.72. The Morgan fingerprint density at radius 3 is 2.42 bits per heavy atom. The molecule has 0 radical (unpaired) electrons. The van der Waals surface area contributed by atoms with Crippen molar-refractivity contribution in [1.82, 2.24) is 5.32 Å². The van der Waals surface area contributed by atoms with Gasteiger partial charge in [-0.1, -0.05) is 13.0 Å². The lowest BCUT2D eigenvalue weighted by Gasteiger charge is -2.15. The number of nitrogens with one attached hydrogen (secondary N) is 1. The molecule has 1 N–H and O–H groups in total. The first-order valence-corrected chi connectivity index (χ1v) is 8.33. The first kappa shape index (κ1) is 19.4. The number of Topliss-reactive ketones (excluding diaryl/α,β-unsaturated/α-hetero) is 1. The molecule has 2 rings (SSSR count). The number of ketones is 1. The van der Waals surface area contributed by atoms with Crippen molar-refractivity contribution >= 4 is 11.7 Å². The zero-order chi connectivity index (χ0) is 19.1. The predicted octanol–water partition coefficient (Wildman–Crippen LogP) is 3.68. The van der Waals surface area contributed by atoms with Crippen molar-refractivity contribution < 1.29 is 23.5 Å². The monoisotopic (exact) mass is 359 g/mol. The highest BCUT2D eigenvalue weighted by Crippen LogP contribution is 2.21. The molecule has 0 saturated heterocycles. The van der Waals surface area contributed by atoms with E-state index in [1.54, 1.807) is 44.2 Å². The number of rotatable bonds is 8. The molecular formula is C20H22FNO4. The van der Waals surface area contributed by atoms with E-state index in [1.165, 1.54) is 19.2 Å². The van der Waals surface area contributed by atoms with Gasteiger partial charge in [0, 0.05) is 12.0 Å². The molecule has 6 heteroatoms. The number of carbonyl (C=O) groups excluding carboxylic acids is 2. The van der Waals surface area contributed by atoms with Gasteiger partial charge in [-0.05, 0) is 48.9 Å². The Labute approximate surface area is 152 Å². The van der Waals surface area contributed by atoms with Crippen molar-refractivity contribution in [1.29, 1.82) is 0 Å². The molecule has 2 aromatic rings. The first-order chi connectivity index (χ1) is 12.4. The highest BCUT2D eigenvalue weighted by molar-refractivity contribution is 5.95. The second kappa shape index (κ2) is 8.99. The van der Waals surface area contributed by atoms with Crippen LogP contribution in [0.2, 0.25) is 0 Å². The number of halogens is 1. The number of carbonyl (C=O) groups is 2. The van der Waals surface area contributed by atoms with E-state index in [1.807, 2.05) is 0 Å². The van der Waals surface area contributed by atoms with Crippen LogP contribution in [0.3, 0.4) is 0 Å². The molecule has 0 saturated carbocycles. The van der Waals surface area contributed by atoms with Gasteiger partial charge in [-0.2, -0.15) is 0 Å². The number of amides is 1. The highest BCUT2D eigenvalue weighted by atomic mass is 19.1. The van der Waals surface area contributed by atoms with E-state index in [2.05, 4.69) is 5.32 Å². The maximum atomic E-state index is 13.7. The van der Waals surface area contributed by atoms with Crippen LogP contribution in [0.15, 0.2) is 42.5 Å². The molecule has 0 aliphatic heterocycles. The summed E-state index contributed by atoms with van der Waals surface area (Å²) in [7, 11) is 1.39. The standard InChI is InChI=1S/C20H22FNO4/c1-4-18(23)14-5-8-16(9-6-14)26-12-20(24)22-13(2)15-7-10-19(25-3)17(21)11-15/h5-11,13H,4,12H2,1-3H3,(H,22,24). The lowest BCUT2D eigenvalue weighted by atomic mass is 10.1. The van der Waals surface area contributed by atoms with Gasteiger partial charge in [0.05, 0.1) is 13.2 Å². The van der Waals surface area contributed by atoms with Crippen LogP contribution in [0.5, 0.6) is 11.5 Å². The molecule has 0 spiro atoms. The smallest absolute Gasteiger partial charge is 0.258 e. The summed E-state index contributed by atoms with van der Waals surface area (Å²) >= 11 is 0. The molecule has 5 nitrogen and oxygen atoms in total. The molecule has 26 heavy (non-hydrogen) atoms. The molecule has 0 bridgehead atoms. The maximum absolute atomic E-state index is 13.7. The van der Waals surface area contributed by atoms with E-state index < -0.39 is 5.82 Å². The zero-order valence-electron chi connectivity index (χ0n) is 15.0. The Bertz CT molecular complexity index is 774. The van der Waals surface area contributed by atoms with E-state index in [0.29, 0.717) is 23.3 Å². The molecule has 0 aliphatic rings. The third kappa shape index (κ3) is 5.05. The van der Waals surface area contributed by atoms with Gasteiger partial charge in [0.1, 0.15) is 5.75 Å². The fourth-order valence-electron chi connectivity index (χ4n) is 2.41. The summed E-state index contributed by atoms with van der Waals surface area (Å²) < 4.78 is 24.0. The summed E-state index contributed by atoms with van der Waals surface area (Å²) in [6, 6.07) is 10.8. The molecule has 0 aromatic heterocycles. The molecule has 1 amide bonds. The summed E-state index contributed by atoms with van der Waals surface area (Å²) in [5.41, 5.74) is 1.23. The van der Waals surface area contributed by atoms with Crippen LogP contribution in [0.1, 0.15) is 42.2 Å². The lowest BCUT2D eigenvalue weighted by molar-refractivity contribution is -0.123. The van der Waals surface area contributed by atoms with Crippen LogP contribution in [0.4, 0.5) is 4.39 Å². The van der Waals surface area contributed by atoms with Gasteiger partial charge in [0.2, 0.25) is 0 Å². The average molecular weight is 359 g/mol. The van der Waals surface area contributed by atoms with E-state index in [0.717, 1.165) is 0 Å². The van der Waals surface area contributed by atoms with Crippen LogP contribution >= 0.6 is 0 Å². The highest BCUT2D eigenvalue weighted by Gasteiger charge is 2.13. The number of ether oxygens (including phenoxy) is 2. The first-order valence-electron chi connectivity index (χ1n) is 8.33. The van der Waals surface area contributed by atoms with Crippen LogP contribution in [0.25, 0.3) is 0 Å². The van der Waals surface area contributed by atoms with Crippen molar-refractivity contribution in [2.45, 2.75) is 26.3 Å². The second-order valence-corrected chi connectivity index (χ2v) is 5.77. The molecule has 1 atom stereocenters. The third-order valence-electron chi connectivity index (χ3n) is 3.92. The number of methoxy groups -OCH3 is 1. The largest absolute Gasteiger partial charge is 0.494 e. The number of benzene rings is 2. The fourth-order valence-corrected chi connectivity index (χ4v) is 2.41. The summed E-state index contributed by atoms with van der Waals surface area (Å²) in [6.07, 6.45) is 0.437. The van der Waals surface area contributed by atoms with Crippen molar-refractivity contribution in [2.75, 3.05) is 13.7 Å². The summed E-state index contributed by atoms with van der Waals surface area (Å²) in [4.78, 5) is 23.6. The molecule has 0 heterocycles. The minimum Gasteiger partial charge on any atom is -0.494 e. The van der Waals surface area contributed by atoms with Gasteiger partial charge in [-0.15, -0.1) is 0 Å². The zero-order valence-corrected chi connectivity index (χ0v) is 15.0. The van der Waals surface area contributed by atoms with Gasteiger partial charge >= 0.3 is 0 Å². The molecule has 138 valence electrons. The van der Waals surface area contributed by atoms with Crippen LogP contribution in [0, 0.1) is 5.82 Å². The normalized spacial score (nSPS) is 11.5. The third-order valence-corrected chi connectivity index (χ3v) is 3.92. The minimum absolute atomic E-state index is 0.0508. The summed E-state index contributed by atoms with van der Waals surface area (Å²) in [6.45, 7) is 3.38. The van der Waals surface area contributed by atoms with Gasteiger partial charge in [-0.3, -0.25) is 9.59 Å². The van der Waals surface area contributed by atoms with Gasteiger partial charge < -0.3 is 14.8 Å². The van der Waals surface area contributed by atoms with Crippen molar-refractivity contribution in [3.05, 3.63) is 59.4 Å². The van der Waals surface area contributed by atoms with E-state index in [4.69, 9.17) is 9.47 Å². The van der Waals surface area contributed by atoms with Crippen LogP contribution in [-0.4, -0.2) is 25.4 Å². The van der Waals surface area contributed by atoms with E-state index in [-0.39, 0.29) is 30.1 Å². The molecule has 0 aliphatic carbocycles. The van der Waals surface area contributed by atoms with Crippen LogP contribution < -0.4 is 14.8 Å². The van der Waals surface area contributed by atoms with Crippen LogP contribution in [-0.2, 0) is 4.79 Å². The molecule has 0 fully saturated rings. The van der Waals surface area contributed by atoms with E-state index >= 15 is 0 Å². The Balaban J connectivity index is 1.88. The topological polar surface area (TPSA) is 64.6 Å². The lowest BCUT2D eigenvalue weighted by Crippen LogP contribution is -2.31. The van der Waals surface area contributed by atoms with Gasteiger partial charge in [-0.25, -0.2) is 4.39 Å². The Morgan fingerprint density at radius 2 is 1.85 bits per heavy atom. The van der Waals surface area contributed by atoms with Crippen molar-refractivity contribution in [3.63, 3.8) is 0 Å². The maximum Gasteiger partial charge on any atom is 0.258 e. The van der Waals surface area contributed by atoms with Gasteiger partial charge in [0.15, 0.2) is 24.0 Å². The summed E-state index contributed by atoms with van der Waals surface area (Å²) in [5, 5.41) is 2.74. The Morgan fingerprint density at radius 1 is 1.15 bits per heavy atom. The number of hydrogen-bond acceptors (Lipinski definition) is 4. The number of hydrogen-bond donors (Lipinski definition) is 1. The fraction of sp³-hybridized carbons (Fsp3) is 0.300. The SMILES string of the molecule is CCC(=O)c1ccc(OCC(=O)NC(C)c2ccc(OC)c(F)c2)cc1. The summed E-state index contributed by atoms with van der Waals surface area (Å²) in [5.74, 6) is -0.113. The quantitative estimate of drug-likeness (QED) is 0.730. The van der Waals surface area contributed by atoms with Crippen molar-refractivity contribution in [3.8, 4) is 11.5 Å². The van der Waals surface area contributed by atoms with E-state index in [9.17, 15) is 14.0 Å². The second-order valence-electron chi connectivity index (χ2n) is 5.77. The average Bonchev–Trinajstić information content (AvgIpc) is 2.66. The molecular weight excluding hydrogens is 337 g/mol. The molecule has 1 unspecified atom stereocenters. The predicted molar refractivity (Wildman–Crippen MR) is 96.1 cm³/mol. The van der Waals surface area contributed by atoms with Gasteiger partial charge in [0.25, 0.3) is 5.91 Å².